The number of rotatable bonds is 13. The van der Waals surface area contributed by atoms with Crippen LogP contribution >= 0.6 is 0 Å². The van der Waals surface area contributed by atoms with E-state index in [9.17, 15) is 19.2 Å². The second-order valence-corrected chi connectivity index (χ2v) is 18.3. The molecule has 338 valence electrons. The Morgan fingerprint density at radius 1 is 0.698 bits per heavy atom. The quantitative estimate of drug-likeness (QED) is 0.136. The Bertz CT molecular complexity index is 2330. The van der Waals surface area contributed by atoms with E-state index < -0.39 is 5.97 Å². The highest BCUT2D eigenvalue weighted by Gasteiger charge is 2.33. The van der Waals surface area contributed by atoms with Crippen molar-refractivity contribution in [2.24, 2.45) is 37.8 Å². The number of fused-ring (bicyclic) bond motifs is 6. The zero-order valence-electron chi connectivity index (χ0n) is 37.8. The maximum absolute atomic E-state index is 13.1. The highest BCUT2D eigenvalue weighted by Crippen LogP contribution is 2.41. The fourth-order valence-electron chi connectivity index (χ4n) is 10.9. The first-order valence-corrected chi connectivity index (χ1v) is 23.1. The van der Waals surface area contributed by atoms with Crippen molar-refractivity contribution in [3.05, 3.63) is 81.5 Å². The van der Waals surface area contributed by atoms with Crippen LogP contribution in [0.2, 0.25) is 0 Å². The second kappa shape index (κ2) is 21.0. The Labute approximate surface area is 371 Å². The minimum absolute atomic E-state index is 0.00436. The van der Waals surface area contributed by atoms with Crippen LogP contribution in [0.15, 0.2) is 36.4 Å². The molecule has 13 heteroatoms. The van der Waals surface area contributed by atoms with Crippen molar-refractivity contribution in [2.45, 2.75) is 89.9 Å². The van der Waals surface area contributed by atoms with E-state index in [1.165, 1.54) is 57.2 Å². The number of hydrogen-bond donors (Lipinski definition) is 2. The van der Waals surface area contributed by atoms with E-state index in [-0.39, 0.29) is 30.8 Å². The highest BCUT2D eigenvalue weighted by atomic mass is 16.5. The summed E-state index contributed by atoms with van der Waals surface area (Å²) in [5, 5.41) is 13.8. The number of aryl methyl sites for hydroxylation is 2. The molecule has 13 nitrogen and oxygen atoms in total. The van der Waals surface area contributed by atoms with Crippen LogP contribution in [0.1, 0.15) is 107 Å². The van der Waals surface area contributed by atoms with Crippen molar-refractivity contribution in [1.82, 2.24) is 24.3 Å². The molecule has 2 aliphatic heterocycles. The lowest BCUT2D eigenvalue weighted by Crippen LogP contribution is -2.29. The number of benzene rings is 2. The fourth-order valence-corrected chi connectivity index (χ4v) is 10.9. The summed E-state index contributed by atoms with van der Waals surface area (Å²) in [4.78, 5) is 54.8. The third-order valence-electron chi connectivity index (χ3n) is 14.5. The third kappa shape index (κ3) is 10.6. The van der Waals surface area contributed by atoms with E-state index in [0.29, 0.717) is 55.3 Å². The van der Waals surface area contributed by atoms with Crippen molar-refractivity contribution in [3.8, 4) is 0 Å². The molecular formula is C50H66N6O7. The van der Waals surface area contributed by atoms with Crippen LogP contribution in [-0.2, 0) is 58.8 Å². The summed E-state index contributed by atoms with van der Waals surface area (Å²) >= 11 is 0. The van der Waals surface area contributed by atoms with Gasteiger partial charge in [-0.2, -0.15) is 0 Å². The number of carbonyl (C=O) groups excluding carboxylic acids is 3. The molecule has 2 aromatic carbocycles. The van der Waals surface area contributed by atoms with Crippen LogP contribution < -0.4 is 5.32 Å². The number of ether oxygens (including phenoxy) is 2. The molecule has 63 heavy (non-hydrogen) atoms. The van der Waals surface area contributed by atoms with Crippen molar-refractivity contribution in [3.63, 3.8) is 0 Å². The van der Waals surface area contributed by atoms with Crippen LogP contribution in [0.3, 0.4) is 0 Å². The van der Waals surface area contributed by atoms with Gasteiger partial charge in [0, 0.05) is 125 Å². The van der Waals surface area contributed by atoms with Gasteiger partial charge in [0.1, 0.15) is 0 Å². The number of carboxylic acid groups (broad SMARTS) is 1. The largest absolute Gasteiger partial charge is 0.481 e. The van der Waals surface area contributed by atoms with Gasteiger partial charge >= 0.3 is 5.97 Å². The molecule has 4 heterocycles. The average molecular weight is 863 g/mol. The van der Waals surface area contributed by atoms with Crippen molar-refractivity contribution in [1.29, 1.82) is 0 Å². The van der Waals surface area contributed by atoms with E-state index >= 15 is 0 Å². The highest BCUT2D eigenvalue weighted by molar-refractivity contribution is 6.00. The van der Waals surface area contributed by atoms with Crippen LogP contribution in [0.25, 0.3) is 26.7 Å². The molecule has 0 saturated carbocycles. The van der Waals surface area contributed by atoms with Crippen LogP contribution in [0.4, 0.5) is 0 Å². The predicted molar refractivity (Wildman–Crippen MR) is 244 cm³/mol. The molecular weight excluding hydrogens is 797 g/mol. The van der Waals surface area contributed by atoms with Crippen LogP contribution in [0, 0.1) is 30.2 Å². The van der Waals surface area contributed by atoms with E-state index in [2.05, 4.69) is 57.7 Å². The van der Waals surface area contributed by atoms with Gasteiger partial charge in [0.05, 0.1) is 0 Å². The zero-order valence-corrected chi connectivity index (χ0v) is 37.8. The smallest absolute Gasteiger partial charge is 0.303 e. The zero-order chi connectivity index (χ0) is 44.6. The Morgan fingerprint density at radius 3 is 1.57 bits per heavy atom. The summed E-state index contributed by atoms with van der Waals surface area (Å²) in [6.45, 7) is 11.2. The van der Waals surface area contributed by atoms with Gasteiger partial charge in [-0.05, 0) is 148 Å². The molecule has 2 aromatic heterocycles. The van der Waals surface area contributed by atoms with Gasteiger partial charge in [-0.25, -0.2) is 6.57 Å². The molecule has 3 amide bonds. The Balaban J connectivity index is 0.000000190. The van der Waals surface area contributed by atoms with Gasteiger partial charge in [-0.3, -0.25) is 29.3 Å². The molecule has 2 fully saturated rings. The van der Waals surface area contributed by atoms with Crippen LogP contribution in [0.5, 0.6) is 0 Å². The lowest BCUT2D eigenvalue weighted by molar-refractivity contribution is -0.137. The predicted octanol–water partition coefficient (Wildman–Crippen LogP) is 7.20. The fraction of sp³-hybridized carbons (Fsp3) is 0.580. The number of aliphatic carboxylic acids is 1. The number of carboxylic acids is 1. The molecule has 8 rings (SSSR count). The van der Waals surface area contributed by atoms with E-state index in [1.54, 1.807) is 23.9 Å². The Hall–Kier alpha value is -5.19. The number of hydrogen-bond acceptors (Lipinski definition) is 6. The van der Waals surface area contributed by atoms with E-state index in [0.717, 1.165) is 89.6 Å². The SMILES string of the molecule is CN(CCCC(=O)O)C(=O)c1ccc2c(c1)c1c(n2C)CC[C@@H](C2CCOCC2)C1.[C-]#[N+]CNC(=O)CCCN(C)C(=O)c1ccc2c(c1)c1c(n2C)CC[C@@H](C2CCOCC2)C1. The summed E-state index contributed by atoms with van der Waals surface area (Å²) in [7, 11) is 7.80. The number of carbonyl (C=O) groups is 4. The molecule has 0 unspecified atom stereocenters. The molecule has 2 saturated heterocycles. The van der Waals surface area contributed by atoms with Crippen molar-refractivity contribution >= 4 is 45.5 Å². The van der Waals surface area contributed by atoms with Gasteiger partial charge in [0.2, 0.25) is 5.91 Å². The normalized spacial score (nSPS) is 19.0. The number of nitrogens with zero attached hydrogens (tertiary/aromatic N) is 5. The van der Waals surface area contributed by atoms with Crippen molar-refractivity contribution in [2.75, 3.05) is 60.3 Å². The maximum atomic E-state index is 13.1. The molecule has 0 spiro atoms. The minimum Gasteiger partial charge on any atom is -0.481 e. The van der Waals surface area contributed by atoms with E-state index in [4.69, 9.17) is 21.2 Å². The van der Waals surface area contributed by atoms with Gasteiger partial charge in [-0.15, -0.1) is 0 Å². The lowest BCUT2D eigenvalue weighted by Gasteiger charge is -2.33. The first-order valence-electron chi connectivity index (χ1n) is 23.1. The van der Waals surface area contributed by atoms with Crippen molar-refractivity contribution < 1.29 is 33.8 Å². The summed E-state index contributed by atoms with van der Waals surface area (Å²) in [6, 6.07) is 12.1. The molecule has 4 aliphatic rings. The summed E-state index contributed by atoms with van der Waals surface area (Å²) < 4.78 is 15.7. The van der Waals surface area contributed by atoms with Gasteiger partial charge in [-0.1, -0.05) is 0 Å². The number of nitrogens with one attached hydrogen (secondary N) is 1. The minimum atomic E-state index is -0.827. The standard InChI is InChI=1S/C26H34N4O3.C24H32N2O4/c1-27-17-28-25(31)5-4-12-29(2)26(32)20-7-9-24-22(16-20)21-15-19(6-8-23(21)30(24)3)18-10-13-33-14-11-18;1-25(11-3-4-23(27)28)24(29)18-6-8-22-20(15-18)19-14-17(5-7-21(19)26(22)2)16-9-12-30-13-10-16/h7,9,16,18-19H,4-6,8,10-15,17H2,2-3H3,(H,28,31);6,8,15-17H,3-5,7,9-14H2,1-2H3,(H,27,28)/t19-;17-/m11/s1. The van der Waals surface area contributed by atoms with Gasteiger partial charge < -0.3 is 33.5 Å². The number of aromatic nitrogens is 2. The molecule has 2 atom stereocenters. The first-order chi connectivity index (χ1) is 30.4. The Kier molecular flexibility index (Phi) is 15.3. The lowest BCUT2D eigenvalue weighted by atomic mass is 9.75. The molecule has 0 radical (unpaired) electrons. The summed E-state index contributed by atoms with van der Waals surface area (Å²) in [5.41, 5.74) is 9.43. The monoisotopic (exact) mass is 862 g/mol. The summed E-state index contributed by atoms with van der Waals surface area (Å²) in [5.74, 6) is 1.84. The first kappa shape index (κ1) is 45.8. The third-order valence-corrected chi connectivity index (χ3v) is 14.5. The average Bonchev–Trinajstić information content (AvgIpc) is 3.76. The van der Waals surface area contributed by atoms with Gasteiger partial charge in [0.15, 0.2) is 0 Å². The van der Waals surface area contributed by atoms with Gasteiger partial charge in [0.25, 0.3) is 18.5 Å². The Morgan fingerprint density at radius 2 is 1.14 bits per heavy atom. The summed E-state index contributed by atoms with van der Waals surface area (Å²) in [6.07, 6.45) is 12.9. The maximum Gasteiger partial charge on any atom is 0.303 e. The molecule has 2 aliphatic carbocycles. The second-order valence-electron chi connectivity index (χ2n) is 18.3. The number of amides is 3. The molecule has 2 N–H and O–H groups in total. The topological polar surface area (TPSA) is 140 Å². The van der Waals surface area contributed by atoms with E-state index in [1.807, 2.05) is 12.1 Å². The molecule has 0 bridgehead atoms. The molecule has 4 aromatic rings. The van der Waals surface area contributed by atoms with Crippen LogP contribution in [-0.4, -0.2) is 108 Å².